The summed E-state index contributed by atoms with van der Waals surface area (Å²) in [6, 6.07) is -12.8. The quantitative estimate of drug-likeness (QED) is 0.115. The van der Waals surface area contributed by atoms with Crippen molar-refractivity contribution < 1.29 is 0 Å². The minimum atomic E-state index is -2.99. The summed E-state index contributed by atoms with van der Waals surface area (Å²) in [7, 11) is 0. The fourth-order valence-corrected chi connectivity index (χ4v) is 11.3. The van der Waals surface area contributed by atoms with Crippen LogP contribution < -0.4 is 0 Å². The molecule has 222 valence electrons. The van der Waals surface area contributed by atoms with Crippen LogP contribution in [0.1, 0.15) is 40.3 Å². The highest BCUT2D eigenvalue weighted by molar-refractivity contribution is 7.66. The average molecular weight is 914 g/mol. The Balaban J connectivity index is 4.03. The van der Waals surface area contributed by atoms with Gasteiger partial charge in [0.15, 0.2) is 0 Å². The molecule has 0 aliphatic heterocycles. The summed E-state index contributed by atoms with van der Waals surface area (Å²) in [6.45, 7) is 2.07. The molecule has 0 aliphatic carbocycles. The first-order chi connectivity index (χ1) is 16.9. The molecule has 38 heavy (non-hydrogen) atoms. The number of benzene rings is 1. The second-order valence-electron chi connectivity index (χ2n) is 8.80. The van der Waals surface area contributed by atoms with Crippen molar-refractivity contribution in [3.8, 4) is 0 Å². The van der Waals surface area contributed by atoms with Gasteiger partial charge in [-0.2, -0.15) is 0 Å². The van der Waals surface area contributed by atoms with E-state index in [0.29, 0.717) is 68.7 Å². The zero-order valence-corrected chi connectivity index (χ0v) is 36.3. The van der Waals surface area contributed by atoms with E-state index in [9.17, 15) is 0 Å². The highest BCUT2D eigenvalue weighted by Crippen LogP contribution is 2.41. The van der Waals surface area contributed by atoms with Gasteiger partial charge in [0.1, 0.15) is 0 Å². The van der Waals surface area contributed by atoms with E-state index in [4.69, 9.17) is 166 Å². The SMILES string of the molecule is CCc1c(CC[Si](Cl)(Cl)Cl)c(CC[Si](Cl)(Cl)Cl)c(CC[Si](Cl)(Cl)Cl)c(CC[Si](Cl)(Cl)Cl)c1CC[Si](Cl)(Cl)Cl. The van der Waals surface area contributed by atoms with Crippen molar-refractivity contribution in [2.45, 2.75) is 75.7 Å². The van der Waals surface area contributed by atoms with Crippen molar-refractivity contribution in [3.05, 3.63) is 33.4 Å². The van der Waals surface area contributed by atoms with E-state index in [-0.39, 0.29) is 0 Å². The Kier molecular flexibility index (Phi) is 18.2. The van der Waals surface area contributed by atoms with Crippen molar-refractivity contribution in [2.75, 3.05) is 0 Å². The van der Waals surface area contributed by atoms with Crippen molar-refractivity contribution in [3.63, 3.8) is 0 Å². The Morgan fingerprint density at radius 1 is 0.316 bits per heavy atom. The molecule has 0 N–H and O–H groups in total. The molecule has 0 heterocycles. The van der Waals surface area contributed by atoms with Crippen molar-refractivity contribution in [1.29, 1.82) is 0 Å². The van der Waals surface area contributed by atoms with Crippen LogP contribution in [-0.2, 0) is 38.5 Å². The molecule has 0 aliphatic rings. The molecule has 0 atom stereocenters. The predicted octanol–water partition coefficient (Wildman–Crippen LogP) is 13.2. The molecule has 1 rings (SSSR count). The molecule has 0 saturated carbocycles. The van der Waals surface area contributed by atoms with Crippen LogP contribution in [0.25, 0.3) is 0 Å². The summed E-state index contributed by atoms with van der Waals surface area (Å²) < 4.78 is 0. The van der Waals surface area contributed by atoms with Crippen molar-refractivity contribution in [2.24, 2.45) is 0 Å². The van der Waals surface area contributed by atoms with Crippen LogP contribution in [0.5, 0.6) is 0 Å². The minimum Gasteiger partial charge on any atom is -0.126 e. The molecule has 0 unspecified atom stereocenters. The monoisotopic (exact) mass is 906 g/mol. The van der Waals surface area contributed by atoms with Crippen molar-refractivity contribution in [1.82, 2.24) is 0 Å². The lowest BCUT2D eigenvalue weighted by Crippen LogP contribution is -2.22. The molecule has 0 nitrogen and oxygen atoms in total. The second-order valence-corrected chi connectivity index (χ2v) is 55.2. The molecular formula is C18H25Cl15Si5. The van der Waals surface area contributed by atoms with E-state index in [1.165, 1.54) is 0 Å². The van der Waals surface area contributed by atoms with Gasteiger partial charge in [0.2, 0.25) is 0 Å². The highest BCUT2D eigenvalue weighted by atomic mass is 35.9. The lowest BCUT2D eigenvalue weighted by molar-refractivity contribution is 0.870. The maximum atomic E-state index is 6.33. The highest BCUT2D eigenvalue weighted by Gasteiger charge is 2.34. The molecule has 0 spiro atoms. The Labute approximate surface area is 301 Å². The summed E-state index contributed by atoms with van der Waals surface area (Å²) >= 11 is 94.8. The topological polar surface area (TPSA) is 0 Å². The standard InChI is InChI=1S/C18H25Cl15Si5/c1-2-13-14(3-8-34(19,20)21)16(5-10-36(25,26)27)18(7-12-38(31,32)33)17(6-11-37(28,29)30)15(13)4-9-35(22,23)24/h2-12H2,1H3. The van der Waals surface area contributed by atoms with E-state index in [1.54, 1.807) is 0 Å². The third kappa shape index (κ3) is 17.4. The smallest absolute Gasteiger partial charge is 0.126 e. The van der Waals surface area contributed by atoms with Crippen LogP contribution in [0, 0.1) is 0 Å². The van der Waals surface area contributed by atoms with Gasteiger partial charge in [0.25, 0.3) is 0 Å². The normalized spacial score (nSPS) is 13.9. The van der Waals surface area contributed by atoms with E-state index < -0.39 is 30.0 Å². The summed E-state index contributed by atoms with van der Waals surface area (Å²) in [4.78, 5) is 0. The molecule has 1 aromatic rings. The lowest BCUT2D eigenvalue weighted by Gasteiger charge is -2.29. The van der Waals surface area contributed by atoms with Crippen LogP contribution in [0.2, 0.25) is 30.2 Å². The van der Waals surface area contributed by atoms with Gasteiger partial charge in [0, 0.05) is 0 Å². The number of hydrogen-bond acceptors (Lipinski definition) is 0. The van der Waals surface area contributed by atoms with Crippen LogP contribution >= 0.6 is 166 Å². The van der Waals surface area contributed by atoms with Crippen LogP contribution in [-0.4, -0.2) is 30.0 Å². The molecule has 0 radical (unpaired) electrons. The van der Waals surface area contributed by atoms with Crippen LogP contribution in [0.3, 0.4) is 0 Å². The van der Waals surface area contributed by atoms with Gasteiger partial charge in [-0.3, -0.25) is 0 Å². The number of hydrogen-bond donors (Lipinski definition) is 0. The first-order valence-corrected chi connectivity index (χ1v) is 37.6. The predicted molar refractivity (Wildman–Crippen MR) is 195 cm³/mol. The van der Waals surface area contributed by atoms with Gasteiger partial charge in [-0.05, 0) is 102 Å². The van der Waals surface area contributed by atoms with Gasteiger partial charge in [0.05, 0.1) is 0 Å². The summed E-state index contributed by atoms with van der Waals surface area (Å²) in [5.74, 6) is 0. The zero-order valence-electron chi connectivity index (χ0n) is 19.9. The van der Waals surface area contributed by atoms with Gasteiger partial charge in [-0.15, -0.1) is 166 Å². The number of rotatable bonds is 16. The fourth-order valence-electron chi connectivity index (χ4n) is 4.36. The molecule has 0 fully saturated rings. The minimum absolute atomic E-state index is 0.386. The van der Waals surface area contributed by atoms with Gasteiger partial charge in [-0.1, -0.05) is 6.92 Å². The summed E-state index contributed by atoms with van der Waals surface area (Å²) in [6.07, 6.45) is 3.30. The molecular weight excluding hydrogens is 888 g/mol. The maximum absolute atomic E-state index is 6.33. The second kappa shape index (κ2) is 17.0. The van der Waals surface area contributed by atoms with Gasteiger partial charge < -0.3 is 0 Å². The Hall–Kier alpha value is 4.65. The molecule has 20 heteroatoms. The molecule has 0 bridgehead atoms. The Bertz CT molecular complexity index is 853. The van der Waals surface area contributed by atoms with E-state index in [2.05, 4.69) is 6.92 Å². The first kappa shape index (κ1) is 40.7. The molecule has 0 amide bonds. The van der Waals surface area contributed by atoms with Gasteiger partial charge in [-0.25, -0.2) is 0 Å². The third-order valence-corrected chi connectivity index (χ3v) is 18.4. The summed E-state index contributed by atoms with van der Waals surface area (Å²) in [5, 5.41) is 0. The fraction of sp³-hybridized carbons (Fsp3) is 0.667. The largest absolute Gasteiger partial charge is 0.341 e. The third-order valence-electron chi connectivity index (χ3n) is 5.83. The lowest BCUT2D eigenvalue weighted by atomic mass is 9.81. The maximum Gasteiger partial charge on any atom is 0.341 e. The molecule has 0 aromatic heterocycles. The van der Waals surface area contributed by atoms with Gasteiger partial charge >= 0.3 is 30.0 Å². The molecule has 1 aromatic carbocycles. The molecule has 0 saturated heterocycles. The summed E-state index contributed by atoms with van der Waals surface area (Å²) in [5.41, 5.74) is 6.30. The van der Waals surface area contributed by atoms with Crippen molar-refractivity contribution >= 4 is 196 Å². The van der Waals surface area contributed by atoms with E-state index in [0.717, 1.165) is 33.4 Å². The Morgan fingerprint density at radius 2 is 0.474 bits per heavy atom. The average Bonchev–Trinajstić information content (AvgIpc) is 2.68. The van der Waals surface area contributed by atoms with E-state index >= 15 is 0 Å². The number of halogens is 15. The first-order valence-electron chi connectivity index (χ1n) is 11.4. The van der Waals surface area contributed by atoms with E-state index in [1.807, 2.05) is 0 Å². The van der Waals surface area contributed by atoms with Crippen LogP contribution in [0.15, 0.2) is 0 Å². The zero-order chi connectivity index (χ0) is 29.7. The van der Waals surface area contributed by atoms with Crippen LogP contribution in [0.4, 0.5) is 0 Å². The Morgan fingerprint density at radius 3 is 0.605 bits per heavy atom.